The maximum absolute atomic E-state index is 5.75. The van der Waals surface area contributed by atoms with Crippen molar-refractivity contribution in [3.05, 3.63) is 24.0 Å². The van der Waals surface area contributed by atoms with E-state index in [2.05, 4.69) is 10.2 Å². The maximum Gasteiger partial charge on any atom is 0.0729 e. The van der Waals surface area contributed by atoms with Gasteiger partial charge >= 0.3 is 0 Å². The molecule has 0 amide bonds. The van der Waals surface area contributed by atoms with Crippen molar-refractivity contribution in [2.75, 3.05) is 19.8 Å². The van der Waals surface area contributed by atoms with Crippen LogP contribution in [-0.2, 0) is 10.2 Å². The monoisotopic (exact) mass is 179 g/mol. The summed E-state index contributed by atoms with van der Waals surface area (Å²) in [6.45, 7) is 2.02. The van der Waals surface area contributed by atoms with Gasteiger partial charge in [0.15, 0.2) is 0 Å². The van der Waals surface area contributed by atoms with E-state index in [1.54, 1.807) is 6.20 Å². The second-order valence-electron chi connectivity index (χ2n) is 3.40. The van der Waals surface area contributed by atoms with Gasteiger partial charge in [0.05, 0.1) is 17.7 Å². The molecule has 1 unspecified atom stereocenters. The highest BCUT2D eigenvalue weighted by Crippen LogP contribution is 2.29. The Bertz CT molecular complexity index is 269. The Morgan fingerprint density at radius 3 is 3.08 bits per heavy atom. The lowest BCUT2D eigenvalue weighted by Crippen LogP contribution is -2.36. The third-order valence-corrected chi connectivity index (χ3v) is 2.61. The van der Waals surface area contributed by atoms with Crippen molar-refractivity contribution in [1.82, 2.24) is 10.2 Å². The highest BCUT2D eigenvalue weighted by Gasteiger charge is 2.36. The molecule has 2 heterocycles. The van der Waals surface area contributed by atoms with Crippen LogP contribution in [0.3, 0.4) is 0 Å². The second kappa shape index (κ2) is 3.40. The van der Waals surface area contributed by atoms with Crippen LogP contribution in [0.15, 0.2) is 18.3 Å². The fourth-order valence-electron chi connectivity index (χ4n) is 1.66. The molecular formula is C9H13N3O. The first-order chi connectivity index (χ1) is 6.37. The smallest absolute Gasteiger partial charge is 0.0729 e. The molecule has 1 aromatic rings. The van der Waals surface area contributed by atoms with Gasteiger partial charge in [-0.15, -0.1) is 0 Å². The van der Waals surface area contributed by atoms with Crippen LogP contribution in [0.2, 0.25) is 0 Å². The summed E-state index contributed by atoms with van der Waals surface area (Å²) < 4.78 is 5.36. The predicted octanol–water partition coefficient (Wildman–Crippen LogP) is 0.0934. The van der Waals surface area contributed by atoms with Gasteiger partial charge in [0, 0.05) is 19.3 Å². The van der Waals surface area contributed by atoms with E-state index in [4.69, 9.17) is 10.5 Å². The molecule has 0 saturated carbocycles. The predicted molar refractivity (Wildman–Crippen MR) is 48.2 cm³/mol. The number of nitrogens with zero attached hydrogens (tertiary/aromatic N) is 2. The summed E-state index contributed by atoms with van der Waals surface area (Å²) in [5.41, 5.74) is 6.62. The Hall–Kier alpha value is -1.00. The average Bonchev–Trinajstić information content (AvgIpc) is 2.69. The van der Waals surface area contributed by atoms with Crippen LogP contribution in [0, 0.1) is 0 Å². The van der Waals surface area contributed by atoms with Gasteiger partial charge in [0.1, 0.15) is 0 Å². The number of aromatic nitrogens is 2. The summed E-state index contributed by atoms with van der Waals surface area (Å²) in [4.78, 5) is 0. The third-order valence-electron chi connectivity index (χ3n) is 2.61. The Labute approximate surface area is 77.1 Å². The molecule has 4 nitrogen and oxygen atoms in total. The van der Waals surface area contributed by atoms with E-state index in [-0.39, 0.29) is 5.41 Å². The van der Waals surface area contributed by atoms with E-state index < -0.39 is 0 Å². The summed E-state index contributed by atoms with van der Waals surface area (Å²) in [5.74, 6) is 0. The molecule has 0 radical (unpaired) electrons. The van der Waals surface area contributed by atoms with Crippen LogP contribution in [-0.4, -0.2) is 30.0 Å². The van der Waals surface area contributed by atoms with Gasteiger partial charge in [-0.05, 0) is 18.6 Å². The van der Waals surface area contributed by atoms with Crippen LogP contribution in [0.4, 0.5) is 0 Å². The first-order valence-electron chi connectivity index (χ1n) is 4.43. The van der Waals surface area contributed by atoms with Gasteiger partial charge in [-0.2, -0.15) is 10.2 Å². The molecule has 1 atom stereocenters. The Kier molecular flexibility index (Phi) is 2.24. The van der Waals surface area contributed by atoms with E-state index in [1.807, 2.05) is 12.1 Å². The van der Waals surface area contributed by atoms with E-state index in [9.17, 15) is 0 Å². The van der Waals surface area contributed by atoms with Crippen molar-refractivity contribution in [3.63, 3.8) is 0 Å². The number of hydrogen-bond acceptors (Lipinski definition) is 4. The molecule has 1 aromatic heterocycles. The summed E-state index contributed by atoms with van der Waals surface area (Å²) >= 11 is 0. The highest BCUT2D eigenvalue weighted by atomic mass is 16.5. The van der Waals surface area contributed by atoms with E-state index in [0.29, 0.717) is 13.2 Å². The summed E-state index contributed by atoms with van der Waals surface area (Å²) in [6.07, 6.45) is 2.62. The largest absolute Gasteiger partial charge is 0.380 e. The highest BCUT2D eigenvalue weighted by molar-refractivity contribution is 5.17. The minimum atomic E-state index is -0.0890. The lowest BCUT2D eigenvalue weighted by Gasteiger charge is -2.23. The van der Waals surface area contributed by atoms with E-state index in [0.717, 1.165) is 18.7 Å². The van der Waals surface area contributed by atoms with Crippen molar-refractivity contribution in [3.8, 4) is 0 Å². The molecule has 70 valence electrons. The zero-order chi connectivity index (χ0) is 9.15. The number of hydrogen-bond donors (Lipinski definition) is 1. The standard InChI is InChI=1S/C9H13N3O/c10-6-9(3-5-13-7-9)8-2-1-4-11-12-8/h1-2,4H,3,5-7,10H2. The average molecular weight is 179 g/mol. The van der Waals surface area contributed by atoms with Crippen LogP contribution < -0.4 is 5.73 Å². The van der Waals surface area contributed by atoms with Crippen LogP contribution in [0.1, 0.15) is 12.1 Å². The first-order valence-corrected chi connectivity index (χ1v) is 4.43. The lowest BCUT2D eigenvalue weighted by atomic mass is 9.84. The normalized spacial score (nSPS) is 27.8. The van der Waals surface area contributed by atoms with Crippen LogP contribution in [0.25, 0.3) is 0 Å². The van der Waals surface area contributed by atoms with Gasteiger partial charge < -0.3 is 10.5 Å². The molecule has 0 spiro atoms. The molecule has 4 heteroatoms. The Morgan fingerprint density at radius 1 is 1.62 bits per heavy atom. The Morgan fingerprint density at radius 2 is 2.54 bits per heavy atom. The fraction of sp³-hybridized carbons (Fsp3) is 0.556. The summed E-state index contributed by atoms with van der Waals surface area (Å²) in [5, 5.41) is 7.95. The number of ether oxygens (including phenoxy) is 1. The van der Waals surface area contributed by atoms with Gasteiger partial charge in [0.25, 0.3) is 0 Å². The minimum Gasteiger partial charge on any atom is -0.380 e. The molecule has 1 fully saturated rings. The second-order valence-corrected chi connectivity index (χ2v) is 3.40. The van der Waals surface area contributed by atoms with Gasteiger partial charge in [-0.3, -0.25) is 0 Å². The SMILES string of the molecule is NCC1(c2cccnn2)CCOC1. The molecule has 0 bridgehead atoms. The van der Waals surface area contributed by atoms with Crippen LogP contribution >= 0.6 is 0 Å². The topological polar surface area (TPSA) is 61.0 Å². The molecule has 1 aliphatic rings. The van der Waals surface area contributed by atoms with Crippen molar-refractivity contribution in [2.24, 2.45) is 5.73 Å². The Balaban J connectivity index is 2.31. The molecule has 2 N–H and O–H groups in total. The quantitative estimate of drug-likeness (QED) is 0.699. The van der Waals surface area contributed by atoms with E-state index >= 15 is 0 Å². The minimum absolute atomic E-state index is 0.0890. The number of rotatable bonds is 2. The fourth-order valence-corrected chi connectivity index (χ4v) is 1.66. The van der Waals surface area contributed by atoms with Crippen molar-refractivity contribution in [2.45, 2.75) is 11.8 Å². The molecule has 1 aliphatic heterocycles. The van der Waals surface area contributed by atoms with Crippen molar-refractivity contribution in [1.29, 1.82) is 0 Å². The molecule has 13 heavy (non-hydrogen) atoms. The molecule has 0 aromatic carbocycles. The van der Waals surface area contributed by atoms with Crippen molar-refractivity contribution >= 4 is 0 Å². The molecule has 1 saturated heterocycles. The number of nitrogens with two attached hydrogens (primary N) is 1. The van der Waals surface area contributed by atoms with E-state index in [1.165, 1.54) is 0 Å². The zero-order valence-electron chi connectivity index (χ0n) is 7.44. The summed E-state index contributed by atoms with van der Waals surface area (Å²) in [7, 11) is 0. The third kappa shape index (κ3) is 1.43. The lowest BCUT2D eigenvalue weighted by molar-refractivity contribution is 0.177. The molecule has 0 aliphatic carbocycles. The first kappa shape index (κ1) is 8.59. The molecular weight excluding hydrogens is 166 g/mol. The summed E-state index contributed by atoms with van der Waals surface area (Å²) in [6, 6.07) is 3.85. The maximum atomic E-state index is 5.75. The molecule has 2 rings (SSSR count). The van der Waals surface area contributed by atoms with Crippen molar-refractivity contribution < 1.29 is 4.74 Å². The van der Waals surface area contributed by atoms with Crippen LogP contribution in [0.5, 0.6) is 0 Å². The van der Waals surface area contributed by atoms with Gasteiger partial charge in [0.2, 0.25) is 0 Å². The van der Waals surface area contributed by atoms with Gasteiger partial charge in [-0.1, -0.05) is 0 Å². The zero-order valence-corrected chi connectivity index (χ0v) is 7.44. The van der Waals surface area contributed by atoms with Gasteiger partial charge in [-0.25, -0.2) is 0 Å².